The minimum absolute atomic E-state index is 0.0400. The molecule has 0 aromatic heterocycles. The topological polar surface area (TPSA) is 49.4 Å². The van der Waals surface area contributed by atoms with Crippen molar-refractivity contribution in [1.29, 1.82) is 0 Å². The van der Waals surface area contributed by atoms with Crippen molar-refractivity contribution in [2.45, 2.75) is 59.2 Å². The highest BCUT2D eigenvalue weighted by Crippen LogP contribution is 2.14. The van der Waals surface area contributed by atoms with Crippen molar-refractivity contribution in [2.24, 2.45) is 0 Å². The third-order valence-corrected chi connectivity index (χ3v) is 3.99. The van der Waals surface area contributed by atoms with Crippen LogP contribution in [0.2, 0.25) is 5.02 Å². The molecule has 0 saturated heterocycles. The molecule has 122 valence electrons. The van der Waals surface area contributed by atoms with Crippen molar-refractivity contribution in [2.75, 3.05) is 0 Å². The van der Waals surface area contributed by atoms with Crippen LogP contribution < -0.4 is 5.32 Å². The van der Waals surface area contributed by atoms with Crippen LogP contribution in [0.15, 0.2) is 24.3 Å². The van der Waals surface area contributed by atoms with Crippen molar-refractivity contribution < 1.29 is 9.59 Å². The maximum absolute atomic E-state index is 12.3. The van der Waals surface area contributed by atoms with E-state index in [4.69, 9.17) is 11.6 Å². The molecule has 0 aliphatic rings. The van der Waals surface area contributed by atoms with E-state index in [-0.39, 0.29) is 17.9 Å². The van der Waals surface area contributed by atoms with Crippen molar-refractivity contribution in [3.8, 4) is 0 Å². The summed E-state index contributed by atoms with van der Waals surface area (Å²) in [5, 5.41) is 3.58. The number of halogens is 1. The molecule has 0 radical (unpaired) electrons. The Morgan fingerprint density at radius 2 is 1.77 bits per heavy atom. The lowest BCUT2D eigenvalue weighted by molar-refractivity contribution is -0.140. The number of carbonyl (C=O) groups is 2. The number of nitrogens with zero attached hydrogens (tertiary/aromatic N) is 1. The summed E-state index contributed by atoms with van der Waals surface area (Å²) >= 11 is 5.88. The van der Waals surface area contributed by atoms with Gasteiger partial charge in [0, 0.05) is 24.0 Å². The molecule has 0 bridgehead atoms. The van der Waals surface area contributed by atoms with E-state index in [0.717, 1.165) is 12.0 Å². The quantitative estimate of drug-likeness (QED) is 0.836. The van der Waals surface area contributed by atoms with Gasteiger partial charge >= 0.3 is 0 Å². The Labute approximate surface area is 137 Å². The Balaban J connectivity index is 2.85. The Kier molecular flexibility index (Phi) is 7.39. The van der Waals surface area contributed by atoms with Crippen LogP contribution in [0.3, 0.4) is 0 Å². The van der Waals surface area contributed by atoms with E-state index >= 15 is 0 Å². The summed E-state index contributed by atoms with van der Waals surface area (Å²) in [7, 11) is 0. The van der Waals surface area contributed by atoms with Crippen LogP contribution in [0.4, 0.5) is 0 Å². The number of rotatable bonds is 7. The van der Waals surface area contributed by atoms with Gasteiger partial charge < -0.3 is 10.2 Å². The van der Waals surface area contributed by atoms with E-state index in [1.165, 1.54) is 0 Å². The van der Waals surface area contributed by atoms with Crippen LogP contribution in [0.5, 0.6) is 0 Å². The summed E-state index contributed by atoms with van der Waals surface area (Å²) in [5.74, 6) is -0.160. The average Bonchev–Trinajstić information content (AvgIpc) is 2.52. The average molecular weight is 325 g/mol. The van der Waals surface area contributed by atoms with Crippen LogP contribution in [0.1, 0.15) is 46.1 Å². The lowest BCUT2D eigenvalue weighted by Crippen LogP contribution is -2.49. The van der Waals surface area contributed by atoms with Crippen molar-refractivity contribution >= 4 is 23.4 Å². The molecule has 1 aromatic rings. The summed E-state index contributed by atoms with van der Waals surface area (Å²) in [6.45, 7) is 7.94. The van der Waals surface area contributed by atoms with Gasteiger partial charge in [0.1, 0.15) is 6.04 Å². The number of carbonyl (C=O) groups excluding carboxylic acids is 2. The summed E-state index contributed by atoms with van der Waals surface area (Å²) in [6.07, 6.45) is 1.23. The van der Waals surface area contributed by atoms with Gasteiger partial charge in [0.25, 0.3) is 0 Å². The molecule has 1 aromatic carbocycles. The molecular formula is C17H25ClN2O2. The molecule has 2 amide bonds. The minimum Gasteiger partial charge on any atom is -0.352 e. The normalized spacial score (nSPS) is 13.3. The van der Waals surface area contributed by atoms with Gasteiger partial charge in [-0.3, -0.25) is 9.59 Å². The molecule has 0 aliphatic heterocycles. The van der Waals surface area contributed by atoms with Crippen molar-refractivity contribution in [3.05, 3.63) is 34.9 Å². The van der Waals surface area contributed by atoms with Crippen LogP contribution in [-0.2, 0) is 16.1 Å². The van der Waals surface area contributed by atoms with Crippen molar-refractivity contribution in [3.63, 3.8) is 0 Å². The van der Waals surface area contributed by atoms with Gasteiger partial charge in [0.2, 0.25) is 11.8 Å². The van der Waals surface area contributed by atoms with Gasteiger partial charge in [-0.05, 0) is 38.0 Å². The number of nitrogens with one attached hydrogen (secondary N) is 1. The fourth-order valence-corrected chi connectivity index (χ4v) is 2.16. The summed E-state index contributed by atoms with van der Waals surface area (Å²) in [4.78, 5) is 26.1. The Morgan fingerprint density at radius 3 is 2.27 bits per heavy atom. The monoisotopic (exact) mass is 324 g/mol. The first-order chi connectivity index (χ1) is 10.4. The molecule has 2 atom stereocenters. The van der Waals surface area contributed by atoms with Gasteiger partial charge in [0.05, 0.1) is 0 Å². The van der Waals surface area contributed by atoms with Crippen LogP contribution in [-0.4, -0.2) is 28.8 Å². The van der Waals surface area contributed by atoms with Crippen molar-refractivity contribution in [1.82, 2.24) is 10.2 Å². The van der Waals surface area contributed by atoms with Gasteiger partial charge in [-0.25, -0.2) is 0 Å². The molecule has 1 rings (SSSR count). The Bertz CT molecular complexity index is 502. The van der Waals surface area contributed by atoms with Gasteiger partial charge in [-0.15, -0.1) is 0 Å². The first-order valence-corrected chi connectivity index (χ1v) is 8.11. The molecule has 2 unspecified atom stereocenters. The first kappa shape index (κ1) is 18.5. The van der Waals surface area contributed by atoms with Crippen LogP contribution >= 0.6 is 11.6 Å². The maximum Gasteiger partial charge on any atom is 0.242 e. The molecule has 0 heterocycles. The summed E-state index contributed by atoms with van der Waals surface area (Å²) < 4.78 is 0. The lowest BCUT2D eigenvalue weighted by Gasteiger charge is -2.29. The molecule has 0 spiro atoms. The zero-order valence-electron chi connectivity index (χ0n) is 13.7. The smallest absolute Gasteiger partial charge is 0.242 e. The largest absolute Gasteiger partial charge is 0.352 e. The van der Waals surface area contributed by atoms with Gasteiger partial charge in [0.15, 0.2) is 0 Å². The predicted molar refractivity (Wildman–Crippen MR) is 89.7 cm³/mol. The SMILES string of the molecule is CCC(=O)N(Cc1ccc(Cl)cc1)C(C)C(=O)NC(C)CC. The third-order valence-electron chi connectivity index (χ3n) is 3.74. The predicted octanol–water partition coefficient (Wildman–Crippen LogP) is 3.38. The highest BCUT2D eigenvalue weighted by atomic mass is 35.5. The summed E-state index contributed by atoms with van der Waals surface area (Å²) in [6, 6.07) is 6.92. The fraction of sp³-hybridized carbons (Fsp3) is 0.529. The van der Waals surface area contributed by atoms with E-state index in [2.05, 4.69) is 5.32 Å². The first-order valence-electron chi connectivity index (χ1n) is 7.73. The van der Waals surface area contributed by atoms with E-state index in [0.29, 0.717) is 18.0 Å². The second-order valence-corrected chi connectivity index (χ2v) is 5.93. The number of hydrogen-bond acceptors (Lipinski definition) is 2. The molecule has 5 heteroatoms. The highest BCUT2D eigenvalue weighted by molar-refractivity contribution is 6.30. The zero-order valence-corrected chi connectivity index (χ0v) is 14.5. The standard InChI is InChI=1S/C17H25ClN2O2/c1-5-12(3)19-17(22)13(4)20(16(21)6-2)11-14-7-9-15(18)10-8-14/h7-10,12-13H,5-6,11H2,1-4H3,(H,19,22). The van der Waals surface area contributed by atoms with E-state index in [1.54, 1.807) is 30.9 Å². The molecule has 22 heavy (non-hydrogen) atoms. The van der Waals surface area contributed by atoms with E-state index in [9.17, 15) is 9.59 Å². The fourth-order valence-electron chi connectivity index (χ4n) is 2.04. The Hall–Kier alpha value is -1.55. The molecule has 0 saturated carbocycles. The number of benzene rings is 1. The Morgan fingerprint density at radius 1 is 1.18 bits per heavy atom. The molecule has 0 fully saturated rings. The second-order valence-electron chi connectivity index (χ2n) is 5.50. The van der Waals surface area contributed by atoms with Crippen LogP contribution in [0, 0.1) is 0 Å². The van der Waals surface area contributed by atoms with Gasteiger partial charge in [-0.1, -0.05) is 37.6 Å². The minimum atomic E-state index is -0.503. The zero-order chi connectivity index (χ0) is 16.7. The molecule has 1 N–H and O–H groups in total. The molecule has 0 aliphatic carbocycles. The number of amides is 2. The van der Waals surface area contributed by atoms with E-state index in [1.807, 2.05) is 26.0 Å². The van der Waals surface area contributed by atoms with E-state index < -0.39 is 6.04 Å². The molecule has 4 nitrogen and oxygen atoms in total. The van der Waals surface area contributed by atoms with Gasteiger partial charge in [-0.2, -0.15) is 0 Å². The lowest BCUT2D eigenvalue weighted by atomic mass is 10.1. The number of hydrogen-bond donors (Lipinski definition) is 1. The highest BCUT2D eigenvalue weighted by Gasteiger charge is 2.25. The molecular weight excluding hydrogens is 300 g/mol. The second kappa shape index (κ2) is 8.79. The maximum atomic E-state index is 12.3. The third kappa shape index (κ3) is 5.34. The summed E-state index contributed by atoms with van der Waals surface area (Å²) in [5.41, 5.74) is 0.953. The van der Waals surface area contributed by atoms with Crippen LogP contribution in [0.25, 0.3) is 0 Å².